The Kier molecular flexibility index (Phi) is 3.36. The van der Waals surface area contributed by atoms with E-state index >= 15 is 0 Å². The molecule has 1 aromatic rings. The van der Waals surface area contributed by atoms with Crippen molar-refractivity contribution in [3.8, 4) is 11.5 Å². The number of hydrogen-bond acceptors (Lipinski definition) is 3. The maximum Gasteiger partial charge on any atom is 0.160 e. The van der Waals surface area contributed by atoms with Crippen LogP contribution in [0, 0.1) is 5.92 Å². The maximum atomic E-state index is 9.83. The zero-order valence-electron chi connectivity index (χ0n) is 9.89. The van der Waals surface area contributed by atoms with E-state index < -0.39 is 0 Å². The molecular weight excluding hydrogens is 282 g/mol. The lowest BCUT2D eigenvalue weighted by Gasteiger charge is -2.14. The van der Waals surface area contributed by atoms with Crippen molar-refractivity contribution in [1.29, 1.82) is 0 Å². The highest BCUT2D eigenvalue weighted by Crippen LogP contribution is 2.48. The van der Waals surface area contributed by atoms with Gasteiger partial charge >= 0.3 is 0 Å². The van der Waals surface area contributed by atoms with Gasteiger partial charge in [-0.3, -0.25) is 0 Å². The first-order valence-electron chi connectivity index (χ1n) is 5.96. The highest BCUT2D eigenvalue weighted by atomic mass is 79.9. The molecule has 0 radical (unpaired) electrons. The van der Waals surface area contributed by atoms with E-state index in [9.17, 15) is 10.2 Å². The Balaban J connectivity index is 0.00000108. The number of rotatable bonds is 1. The first-order valence-corrected chi connectivity index (χ1v) is 5.96. The molecule has 1 saturated heterocycles. The van der Waals surface area contributed by atoms with E-state index in [2.05, 4.69) is 11.8 Å². The average Bonchev–Trinajstić information content (AvgIpc) is 2.80. The summed E-state index contributed by atoms with van der Waals surface area (Å²) in [5.41, 5.74) is 2.22. The Bertz CT molecular complexity index is 436. The summed E-state index contributed by atoms with van der Waals surface area (Å²) in [5, 5.41) is 19.3. The van der Waals surface area contributed by atoms with Gasteiger partial charge in [-0.2, -0.15) is 0 Å². The summed E-state index contributed by atoms with van der Waals surface area (Å²) in [6, 6.07) is 3.60. The number of phenolic OH excluding ortho intramolecular Hbond substituents is 2. The molecule has 2 unspecified atom stereocenters. The number of halogens is 1. The smallest absolute Gasteiger partial charge is 0.160 e. The van der Waals surface area contributed by atoms with Gasteiger partial charge in [0.1, 0.15) is 0 Å². The van der Waals surface area contributed by atoms with E-state index in [0.717, 1.165) is 31.6 Å². The van der Waals surface area contributed by atoms with Gasteiger partial charge in [0.15, 0.2) is 11.5 Å². The molecule has 3 rings (SSSR count). The van der Waals surface area contributed by atoms with Gasteiger partial charge in [-0.05, 0) is 30.5 Å². The monoisotopic (exact) mass is 299 g/mol. The number of fused-ring (bicyclic) bond motifs is 3. The van der Waals surface area contributed by atoms with Gasteiger partial charge in [0.25, 0.3) is 0 Å². The molecule has 1 aliphatic carbocycles. The number of benzene rings is 1. The Hall–Kier alpha value is -0.740. The highest BCUT2D eigenvalue weighted by molar-refractivity contribution is 8.93. The first-order chi connectivity index (χ1) is 7.70. The van der Waals surface area contributed by atoms with Crippen molar-refractivity contribution in [1.82, 2.24) is 4.90 Å². The minimum atomic E-state index is 0. The third-order valence-corrected chi connectivity index (χ3v) is 4.13. The van der Waals surface area contributed by atoms with Crippen LogP contribution < -0.4 is 0 Å². The fraction of sp³-hybridized carbons (Fsp3) is 0.538. The summed E-state index contributed by atoms with van der Waals surface area (Å²) in [6.07, 6.45) is 0.913. The van der Waals surface area contributed by atoms with Gasteiger partial charge in [0.2, 0.25) is 0 Å². The van der Waals surface area contributed by atoms with E-state index in [1.165, 1.54) is 5.56 Å². The summed E-state index contributed by atoms with van der Waals surface area (Å²) in [6.45, 7) is 5.51. The van der Waals surface area contributed by atoms with Gasteiger partial charge in [-0.25, -0.2) is 0 Å². The molecule has 4 heteroatoms. The Morgan fingerprint density at radius 2 is 2.06 bits per heavy atom. The molecule has 2 N–H and O–H groups in total. The van der Waals surface area contributed by atoms with Crippen molar-refractivity contribution < 1.29 is 10.2 Å². The fourth-order valence-corrected chi connectivity index (χ4v) is 3.24. The topological polar surface area (TPSA) is 43.7 Å². The number of likely N-dealkylation sites (tertiary alicyclic amines) is 1. The van der Waals surface area contributed by atoms with E-state index in [-0.39, 0.29) is 28.5 Å². The van der Waals surface area contributed by atoms with Crippen LogP contribution in [0.5, 0.6) is 11.5 Å². The summed E-state index contributed by atoms with van der Waals surface area (Å²) in [5.74, 6) is 1.31. The third kappa shape index (κ3) is 1.83. The number of aromatic hydroxyl groups is 2. The highest BCUT2D eigenvalue weighted by Gasteiger charge is 2.40. The van der Waals surface area contributed by atoms with Gasteiger partial charge < -0.3 is 15.1 Å². The van der Waals surface area contributed by atoms with Crippen LogP contribution in [-0.4, -0.2) is 34.7 Å². The van der Waals surface area contributed by atoms with Gasteiger partial charge in [-0.1, -0.05) is 13.0 Å². The molecule has 2 aliphatic rings. The lowest BCUT2D eigenvalue weighted by Crippen LogP contribution is -2.21. The van der Waals surface area contributed by atoms with Crippen LogP contribution in [0.15, 0.2) is 12.1 Å². The van der Waals surface area contributed by atoms with Crippen molar-refractivity contribution in [3.05, 3.63) is 23.3 Å². The second-order valence-electron chi connectivity index (χ2n) is 4.92. The molecule has 1 aromatic carbocycles. The predicted octanol–water partition coefficient (Wildman–Crippen LogP) is 2.27. The normalized spacial score (nSPS) is 26.4. The molecule has 17 heavy (non-hydrogen) atoms. The molecule has 94 valence electrons. The fourth-order valence-electron chi connectivity index (χ4n) is 3.24. The number of nitrogens with zero attached hydrogens (tertiary/aromatic N) is 1. The summed E-state index contributed by atoms with van der Waals surface area (Å²) in [7, 11) is 0. The van der Waals surface area contributed by atoms with Crippen LogP contribution in [0.4, 0.5) is 0 Å². The molecule has 0 saturated carbocycles. The minimum Gasteiger partial charge on any atom is -0.504 e. The molecule has 0 bridgehead atoms. The molecule has 3 nitrogen and oxygen atoms in total. The Morgan fingerprint density at radius 3 is 2.76 bits per heavy atom. The molecule has 1 heterocycles. The van der Waals surface area contributed by atoms with Crippen molar-refractivity contribution >= 4 is 17.0 Å². The van der Waals surface area contributed by atoms with Gasteiger partial charge in [0, 0.05) is 24.6 Å². The molecule has 0 amide bonds. The Morgan fingerprint density at radius 1 is 1.29 bits per heavy atom. The molecule has 1 aliphatic heterocycles. The van der Waals surface area contributed by atoms with Gasteiger partial charge in [-0.15, -0.1) is 17.0 Å². The van der Waals surface area contributed by atoms with Crippen LogP contribution in [-0.2, 0) is 6.42 Å². The van der Waals surface area contributed by atoms with Crippen LogP contribution in [0.2, 0.25) is 0 Å². The zero-order chi connectivity index (χ0) is 11.3. The molecule has 0 aromatic heterocycles. The van der Waals surface area contributed by atoms with Gasteiger partial charge in [0.05, 0.1) is 0 Å². The van der Waals surface area contributed by atoms with Crippen molar-refractivity contribution in [2.75, 3.05) is 19.6 Å². The van der Waals surface area contributed by atoms with Crippen LogP contribution >= 0.6 is 17.0 Å². The van der Waals surface area contributed by atoms with Crippen molar-refractivity contribution in [2.24, 2.45) is 5.92 Å². The summed E-state index contributed by atoms with van der Waals surface area (Å²) < 4.78 is 0. The lowest BCUT2D eigenvalue weighted by atomic mass is 9.96. The predicted molar refractivity (Wildman–Crippen MR) is 72.1 cm³/mol. The standard InChI is InChI=1S/C13H17NO2.BrH/c1-2-14-6-8-5-10-9(11(8)7-14)3-4-12(15)13(10)16;/h3-4,8,11,15-16H,2,5-7H2,1H3;1H. The van der Waals surface area contributed by atoms with Crippen molar-refractivity contribution in [2.45, 2.75) is 19.3 Å². The largest absolute Gasteiger partial charge is 0.504 e. The third-order valence-electron chi connectivity index (χ3n) is 4.13. The second-order valence-corrected chi connectivity index (χ2v) is 4.92. The minimum absolute atomic E-state index is 0. The number of hydrogen-bond donors (Lipinski definition) is 2. The second kappa shape index (κ2) is 4.50. The van der Waals surface area contributed by atoms with E-state index in [0.29, 0.717) is 11.8 Å². The number of likely N-dealkylation sites (N-methyl/N-ethyl adjacent to an activating group) is 1. The van der Waals surface area contributed by atoms with E-state index in [1.54, 1.807) is 6.07 Å². The Labute approximate surface area is 112 Å². The number of phenols is 2. The summed E-state index contributed by atoms with van der Waals surface area (Å²) >= 11 is 0. The zero-order valence-corrected chi connectivity index (χ0v) is 11.6. The first kappa shape index (κ1) is 12.7. The maximum absolute atomic E-state index is 9.83. The van der Waals surface area contributed by atoms with Crippen LogP contribution in [0.1, 0.15) is 24.0 Å². The van der Waals surface area contributed by atoms with Crippen LogP contribution in [0.25, 0.3) is 0 Å². The molecule has 1 fully saturated rings. The van der Waals surface area contributed by atoms with E-state index in [1.807, 2.05) is 6.07 Å². The SMILES string of the molecule is Br.CCN1CC2Cc3c(ccc(O)c3O)C2C1. The molecule has 0 spiro atoms. The summed E-state index contributed by atoms with van der Waals surface area (Å²) in [4.78, 5) is 2.46. The molecular formula is C13H18BrNO2. The lowest BCUT2D eigenvalue weighted by molar-refractivity contribution is 0.338. The average molecular weight is 300 g/mol. The van der Waals surface area contributed by atoms with Crippen molar-refractivity contribution in [3.63, 3.8) is 0 Å². The quantitative estimate of drug-likeness (QED) is 0.782. The van der Waals surface area contributed by atoms with Crippen LogP contribution in [0.3, 0.4) is 0 Å². The molecule has 2 atom stereocenters. The van der Waals surface area contributed by atoms with E-state index in [4.69, 9.17) is 0 Å².